The summed E-state index contributed by atoms with van der Waals surface area (Å²) in [7, 11) is 0. The quantitative estimate of drug-likeness (QED) is 0.261. The van der Waals surface area contributed by atoms with Gasteiger partial charge in [-0.2, -0.15) is 5.26 Å². The van der Waals surface area contributed by atoms with Crippen LogP contribution >= 0.6 is 0 Å². The molecule has 1 fully saturated rings. The number of allylic oxidation sites excluding steroid dienone is 5. The summed E-state index contributed by atoms with van der Waals surface area (Å²) in [5, 5.41) is 18.5. The monoisotopic (exact) mass is 557 g/mol. The van der Waals surface area contributed by atoms with Crippen molar-refractivity contribution < 1.29 is 9.59 Å². The number of aliphatic imine (C=N–C) groups is 1. The fourth-order valence-electron chi connectivity index (χ4n) is 4.54. The number of aryl methyl sites for hydroxylation is 1. The molecule has 2 amide bonds. The topological polar surface area (TPSA) is 123 Å². The first-order valence-electron chi connectivity index (χ1n) is 14.4. The van der Waals surface area contributed by atoms with Gasteiger partial charge in [0.15, 0.2) is 0 Å². The average Bonchev–Trinajstić information content (AvgIpc) is 2.97. The van der Waals surface area contributed by atoms with Crippen molar-refractivity contribution in [2.75, 3.05) is 30.3 Å². The minimum absolute atomic E-state index is 0.154. The lowest BCUT2D eigenvalue weighted by atomic mass is 9.82. The van der Waals surface area contributed by atoms with Gasteiger partial charge in [0.2, 0.25) is 5.91 Å². The van der Waals surface area contributed by atoms with E-state index < -0.39 is 0 Å². The molecule has 2 aliphatic heterocycles. The van der Waals surface area contributed by atoms with E-state index >= 15 is 0 Å². The van der Waals surface area contributed by atoms with Crippen LogP contribution < -0.4 is 16.0 Å². The maximum atomic E-state index is 13.3. The molecule has 0 aromatic carbocycles. The van der Waals surface area contributed by atoms with Gasteiger partial charge in [0.1, 0.15) is 0 Å². The van der Waals surface area contributed by atoms with E-state index in [9.17, 15) is 14.9 Å². The Morgan fingerprint density at radius 1 is 1.27 bits per heavy atom. The number of nitrogens with one attached hydrogen (secondary N) is 3. The predicted molar refractivity (Wildman–Crippen MR) is 165 cm³/mol. The van der Waals surface area contributed by atoms with Crippen LogP contribution in [0.2, 0.25) is 0 Å². The second kappa shape index (κ2) is 14.6. The smallest absolute Gasteiger partial charge is 0.253 e. The molecule has 1 saturated heterocycles. The first kappa shape index (κ1) is 31.5. The second-order valence-electron chi connectivity index (χ2n) is 10.9. The number of hydrogen-bond acceptors (Lipinski definition) is 7. The lowest BCUT2D eigenvalue weighted by molar-refractivity contribution is -0.117. The number of piperidine rings is 1. The van der Waals surface area contributed by atoms with Crippen LogP contribution in [-0.4, -0.2) is 53.6 Å². The summed E-state index contributed by atoms with van der Waals surface area (Å²) in [4.78, 5) is 37.0. The van der Waals surface area contributed by atoms with E-state index in [1.165, 1.54) is 0 Å². The normalized spacial score (nSPS) is 19.1. The van der Waals surface area contributed by atoms with Crippen molar-refractivity contribution in [3.63, 3.8) is 0 Å². The van der Waals surface area contributed by atoms with Crippen molar-refractivity contribution >= 4 is 29.4 Å². The van der Waals surface area contributed by atoms with Crippen LogP contribution in [0.15, 0.2) is 64.1 Å². The molecular formula is C32H43N7O2. The van der Waals surface area contributed by atoms with Gasteiger partial charge < -0.3 is 16.0 Å². The van der Waals surface area contributed by atoms with Crippen molar-refractivity contribution in [1.29, 1.82) is 5.26 Å². The molecular weight excluding hydrogens is 514 g/mol. The standard InChI is InChI=1S/C32H43N7O2/c1-7-22(4)34-17-24(8-2)25-10-11-28(36-18-25)27(9-3)31(41)38-29-16-26(19-35-23(29)5)37-30(40)20-39-14-12-32(6,21-33)13-15-39/h8,10-11,16-19,22,36H,7,9,12-15,20H2,1-6H3,(H,37,40)(H,38,41)/b24-8+,28-27+,34-17-. The number of anilines is 2. The number of pyridine rings is 1. The number of amides is 2. The highest BCUT2D eigenvalue weighted by Crippen LogP contribution is 2.29. The Balaban J connectivity index is 1.65. The molecule has 9 heteroatoms. The molecule has 0 aliphatic carbocycles. The van der Waals surface area contributed by atoms with E-state index in [2.05, 4.69) is 50.7 Å². The van der Waals surface area contributed by atoms with Crippen molar-refractivity contribution in [2.24, 2.45) is 10.4 Å². The van der Waals surface area contributed by atoms with Crippen LogP contribution in [0.3, 0.4) is 0 Å². The third-order valence-electron chi connectivity index (χ3n) is 7.68. The van der Waals surface area contributed by atoms with Crippen molar-refractivity contribution in [2.45, 2.75) is 73.3 Å². The molecule has 0 saturated carbocycles. The minimum Gasteiger partial charge on any atom is -0.361 e. The maximum absolute atomic E-state index is 13.3. The van der Waals surface area contributed by atoms with Gasteiger partial charge >= 0.3 is 0 Å². The van der Waals surface area contributed by atoms with Crippen molar-refractivity contribution in [3.8, 4) is 6.07 Å². The first-order valence-corrected chi connectivity index (χ1v) is 14.4. The molecule has 1 aromatic rings. The largest absolute Gasteiger partial charge is 0.361 e. The molecule has 1 atom stereocenters. The lowest BCUT2D eigenvalue weighted by Gasteiger charge is -2.34. The molecule has 0 spiro atoms. The number of dihydropyridines is 1. The van der Waals surface area contributed by atoms with Crippen LogP contribution in [0.5, 0.6) is 0 Å². The molecule has 9 nitrogen and oxygen atoms in total. The van der Waals surface area contributed by atoms with E-state index in [0.717, 1.165) is 36.1 Å². The SMILES string of the molecule is C/C=C(\C=N/C(C)CC)C1=CN/C(=C(\CC)C(=O)Nc2cc(NC(=O)CN3CCC(C)(C#N)CC3)cnc2C)C=C1. The van der Waals surface area contributed by atoms with Crippen LogP contribution in [0.4, 0.5) is 11.4 Å². The molecule has 2 aliphatic rings. The Bertz CT molecular complexity index is 1320. The Hall–Kier alpha value is -4.03. The zero-order valence-corrected chi connectivity index (χ0v) is 25.2. The molecule has 0 radical (unpaired) electrons. The highest BCUT2D eigenvalue weighted by molar-refractivity contribution is 6.05. The summed E-state index contributed by atoms with van der Waals surface area (Å²) in [5.41, 5.74) is 4.73. The van der Waals surface area contributed by atoms with Gasteiger partial charge in [0.25, 0.3) is 5.91 Å². The molecule has 3 rings (SSSR count). The highest BCUT2D eigenvalue weighted by Gasteiger charge is 2.30. The van der Waals surface area contributed by atoms with E-state index in [0.29, 0.717) is 42.2 Å². The van der Waals surface area contributed by atoms with Gasteiger partial charge in [-0.1, -0.05) is 26.0 Å². The highest BCUT2D eigenvalue weighted by atomic mass is 16.2. The molecule has 0 bridgehead atoms. The maximum Gasteiger partial charge on any atom is 0.253 e. The number of carbonyl (C=O) groups is 2. The third-order valence-corrected chi connectivity index (χ3v) is 7.68. The van der Waals surface area contributed by atoms with E-state index in [1.54, 1.807) is 12.3 Å². The summed E-state index contributed by atoms with van der Waals surface area (Å²) >= 11 is 0. The van der Waals surface area contributed by atoms with E-state index in [4.69, 9.17) is 0 Å². The van der Waals surface area contributed by atoms with Gasteiger partial charge in [-0.3, -0.25) is 24.5 Å². The van der Waals surface area contributed by atoms with Crippen molar-refractivity contribution in [3.05, 3.63) is 64.8 Å². The van der Waals surface area contributed by atoms with Gasteiger partial charge in [0.05, 0.1) is 41.3 Å². The number of carbonyl (C=O) groups excluding carboxylic acids is 2. The van der Waals surface area contributed by atoms with Gasteiger partial charge in [-0.05, 0) is 76.7 Å². The summed E-state index contributed by atoms with van der Waals surface area (Å²) in [6, 6.07) is 4.38. The van der Waals surface area contributed by atoms with E-state index in [1.807, 2.05) is 58.3 Å². The van der Waals surface area contributed by atoms with Crippen molar-refractivity contribution in [1.82, 2.24) is 15.2 Å². The summed E-state index contributed by atoms with van der Waals surface area (Å²) in [5.74, 6) is -0.387. The van der Waals surface area contributed by atoms with Crippen LogP contribution in [0.1, 0.15) is 66.0 Å². The lowest BCUT2D eigenvalue weighted by Crippen LogP contribution is -2.42. The average molecular weight is 558 g/mol. The number of aromatic nitrogens is 1. The molecule has 1 aromatic heterocycles. The molecule has 218 valence electrons. The molecule has 1 unspecified atom stereocenters. The van der Waals surface area contributed by atoms with Crippen LogP contribution in [0.25, 0.3) is 0 Å². The zero-order chi connectivity index (χ0) is 30.0. The van der Waals surface area contributed by atoms with E-state index in [-0.39, 0.29) is 29.8 Å². The predicted octanol–water partition coefficient (Wildman–Crippen LogP) is 5.42. The van der Waals surface area contributed by atoms with Crippen LogP contribution in [-0.2, 0) is 9.59 Å². The number of nitrogens with zero attached hydrogens (tertiary/aromatic N) is 4. The Kier molecular flexibility index (Phi) is 11.2. The molecule has 3 N–H and O–H groups in total. The summed E-state index contributed by atoms with van der Waals surface area (Å²) in [6.07, 6.45) is 14.3. The Morgan fingerprint density at radius 3 is 2.59 bits per heavy atom. The Labute approximate surface area is 244 Å². The number of rotatable bonds is 10. The fourth-order valence-corrected chi connectivity index (χ4v) is 4.54. The first-order chi connectivity index (χ1) is 19.6. The number of likely N-dealkylation sites (tertiary alicyclic amines) is 1. The van der Waals surface area contributed by atoms with Crippen LogP contribution in [0, 0.1) is 23.7 Å². The summed E-state index contributed by atoms with van der Waals surface area (Å²) in [6.45, 7) is 13.6. The molecule has 41 heavy (non-hydrogen) atoms. The minimum atomic E-state index is -0.313. The second-order valence-corrected chi connectivity index (χ2v) is 10.9. The summed E-state index contributed by atoms with van der Waals surface area (Å²) < 4.78 is 0. The van der Waals surface area contributed by atoms with Gasteiger partial charge in [-0.25, -0.2) is 0 Å². The number of nitriles is 1. The van der Waals surface area contributed by atoms with Gasteiger partial charge in [0, 0.05) is 42.8 Å². The zero-order valence-electron chi connectivity index (χ0n) is 25.2. The van der Waals surface area contributed by atoms with Gasteiger partial charge in [-0.15, -0.1) is 0 Å². The fraction of sp³-hybridized carbons (Fsp3) is 0.469. The molecule has 3 heterocycles. The number of hydrogen-bond donors (Lipinski definition) is 3. The Morgan fingerprint density at radius 2 is 2.00 bits per heavy atom. The third kappa shape index (κ3) is 8.73.